The molecule has 0 N–H and O–H groups in total. The summed E-state index contributed by atoms with van der Waals surface area (Å²) < 4.78 is 8.01. The molecule has 5 aromatic heterocycles. The van der Waals surface area contributed by atoms with Crippen LogP contribution < -0.4 is 4.90 Å². The fraction of sp³-hybridized carbons (Fsp3) is 0. The molecular weight excluding hydrogens is 874 g/mol. The van der Waals surface area contributed by atoms with Gasteiger partial charge in [0.15, 0.2) is 0 Å². The molecule has 0 aliphatic heterocycles. The molecule has 11 rings (SSSR count). The van der Waals surface area contributed by atoms with Crippen LogP contribution in [-0.2, 0) is 21.1 Å². The van der Waals surface area contributed by atoms with Gasteiger partial charge in [-0.2, -0.15) is 32.3 Å². The van der Waals surface area contributed by atoms with Crippen LogP contribution in [0.3, 0.4) is 0 Å². The van der Waals surface area contributed by atoms with Crippen molar-refractivity contribution in [2.45, 2.75) is 0 Å². The van der Waals surface area contributed by atoms with Gasteiger partial charge in [0.05, 0.1) is 22.1 Å². The average molecular weight is 903 g/mol. The smallest absolute Gasteiger partial charge is 0.343 e. The van der Waals surface area contributed by atoms with Crippen LogP contribution in [0.2, 0.25) is 0 Å². The molecule has 6 aromatic carbocycles. The van der Waals surface area contributed by atoms with Crippen LogP contribution in [0.4, 0.5) is 17.2 Å². The Hall–Kier alpha value is -7.09. The summed E-state index contributed by atoms with van der Waals surface area (Å²) in [6.07, 6.45) is 7.35. The first-order chi connectivity index (χ1) is 27.3. The van der Waals surface area contributed by atoms with Gasteiger partial charge in [-0.05, 0) is 47.8 Å². The molecule has 0 aliphatic carbocycles. The Kier molecular flexibility index (Phi) is 8.15. The van der Waals surface area contributed by atoms with Crippen LogP contribution in [0.5, 0.6) is 0 Å². The number of nitrogens with zero attached hydrogens (tertiary/aromatic N) is 9. The van der Waals surface area contributed by atoms with Gasteiger partial charge in [0, 0.05) is 52.4 Å². The Morgan fingerprint density at radius 1 is 0.446 bits per heavy atom. The maximum Gasteiger partial charge on any atom is 2.00 e. The summed E-state index contributed by atoms with van der Waals surface area (Å²) in [5.41, 5.74) is 7.20. The van der Waals surface area contributed by atoms with E-state index >= 15 is 0 Å². The third-order valence-electron chi connectivity index (χ3n) is 10.0. The van der Waals surface area contributed by atoms with E-state index in [2.05, 4.69) is 139 Å². The van der Waals surface area contributed by atoms with Crippen molar-refractivity contribution in [1.82, 2.24) is 38.7 Å². The van der Waals surface area contributed by atoms with Gasteiger partial charge in [-0.1, -0.05) is 84.2 Å². The maximum atomic E-state index is 5.46. The second kappa shape index (κ2) is 13.6. The summed E-state index contributed by atoms with van der Waals surface area (Å²) in [4.78, 5) is 13.0. The van der Waals surface area contributed by atoms with Crippen molar-refractivity contribution in [1.29, 1.82) is 0 Å². The first-order valence-corrected chi connectivity index (χ1v) is 18.0. The van der Waals surface area contributed by atoms with Gasteiger partial charge in [0.2, 0.25) is 5.95 Å². The number of anilines is 3. The predicted octanol–water partition coefficient (Wildman–Crippen LogP) is 10.1. The van der Waals surface area contributed by atoms with Gasteiger partial charge >= 0.3 is 21.1 Å². The van der Waals surface area contributed by atoms with E-state index in [1.54, 1.807) is 21.8 Å². The first-order valence-electron chi connectivity index (χ1n) is 18.0. The van der Waals surface area contributed by atoms with Gasteiger partial charge in [-0.15, -0.1) is 36.4 Å². The molecule has 0 fully saturated rings. The number of aromatic nitrogens is 8. The molecule has 56 heavy (non-hydrogen) atoms. The van der Waals surface area contributed by atoms with Crippen LogP contribution in [0.25, 0.3) is 66.8 Å². The molecule has 0 unspecified atom stereocenters. The molecule has 0 saturated heterocycles. The Morgan fingerprint density at radius 3 is 1.34 bits per heavy atom. The van der Waals surface area contributed by atoms with Gasteiger partial charge in [-0.3, -0.25) is 18.5 Å². The zero-order valence-electron chi connectivity index (χ0n) is 29.6. The van der Waals surface area contributed by atoms with Crippen molar-refractivity contribution in [2.24, 2.45) is 0 Å². The summed E-state index contributed by atoms with van der Waals surface area (Å²) in [6.45, 7) is 0. The summed E-state index contributed by atoms with van der Waals surface area (Å²) in [5.74, 6) is 1.88. The Balaban J connectivity index is 0.00000384. The second-order valence-corrected chi connectivity index (χ2v) is 13.2. The summed E-state index contributed by atoms with van der Waals surface area (Å²) in [7, 11) is 0. The van der Waals surface area contributed by atoms with E-state index < -0.39 is 0 Å². The van der Waals surface area contributed by atoms with Crippen molar-refractivity contribution in [3.05, 3.63) is 189 Å². The van der Waals surface area contributed by atoms with E-state index in [4.69, 9.17) is 9.97 Å². The van der Waals surface area contributed by atoms with Gasteiger partial charge < -0.3 is 4.90 Å². The molecule has 0 radical (unpaired) electrons. The average Bonchev–Trinajstić information content (AvgIpc) is 4.07. The van der Waals surface area contributed by atoms with E-state index in [0.717, 1.165) is 72.2 Å². The Morgan fingerprint density at radius 2 is 0.893 bits per heavy atom. The topological polar surface area (TPSA) is 74.5 Å². The summed E-state index contributed by atoms with van der Waals surface area (Å²) >= 11 is 0. The minimum atomic E-state index is 0. The summed E-state index contributed by atoms with van der Waals surface area (Å²) in [5, 5.41) is 13.6. The molecule has 0 amide bonds. The molecule has 0 spiro atoms. The molecule has 0 bridgehead atoms. The third-order valence-corrected chi connectivity index (χ3v) is 10.0. The number of para-hydroxylation sites is 4. The standard InChI is InChI=1S/C46H29N9.Pt/c1-5-21-40-36(17-1)37-18-2-6-22-41(37)54(40)45-31-44(49-46(50-45)55-42-23-7-3-19-38(42)39-20-4-8-24-43(39)55)53(34-15-9-13-32(29-34)51-27-11-25-47-51)35-16-10-14-33(30-35)52-28-12-26-48-52;/h1-28,31H;/q-2;+2. The minimum absolute atomic E-state index is 0. The van der Waals surface area contributed by atoms with E-state index in [1.165, 1.54) is 0 Å². The molecule has 268 valence electrons. The number of hydrogen-bond donors (Lipinski definition) is 0. The number of hydrogen-bond acceptors (Lipinski definition) is 5. The van der Waals surface area contributed by atoms with Gasteiger partial charge in [-0.25, -0.2) is 0 Å². The van der Waals surface area contributed by atoms with Gasteiger partial charge in [0.1, 0.15) is 11.6 Å². The van der Waals surface area contributed by atoms with Crippen LogP contribution in [0.15, 0.2) is 176 Å². The molecule has 5 heterocycles. The molecule has 11 aromatic rings. The monoisotopic (exact) mass is 902 g/mol. The SMILES string of the molecule is [Pt+2].[c-]1c(N(c2[c-]c(-n3cccn3)ccc2)c2cc(-n3c4ccccc4c4ccccc43)nc(-n3c4ccccc4c4ccccc43)n2)cccc1-n1cccn1. The van der Waals surface area contributed by atoms with E-state index in [9.17, 15) is 0 Å². The molecule has 9 nitrogen and oxygen atoms in total. The Labute approximate surface area is 335 Å². The van der Waals surface area contributed by atoms with Crippen molar-refractivity contribution in [3.63, 3.8) is 0 Å². The Bertz CT molecular complexity index is 2860. The number of rotatable bonds is 7. The minimum Gasteiger partial charge on any atom is -0.343 e. The van der Waals surface area contributed by atoms with Crippen molar-refractivity contribution in [3.8, 4) is 23.1 Å². The first kappa shape index (κ1) is 33.5. The predicted molar refractivity (Wildman–Crippen MR) is 217 cm³/mol. The van der Waals surface area contributed by atoms with Crippen molar-refractivity contribution >= 4 is 60.8 Å². The fourth-order valence-corrected chi connectivity index (χ4v) is 7.66. The van der Waals surface area contributed by atoms with Crippen LogP contribution in [-0.4, -0.2) is 38.7 Å². The molecular formula is C46H29N9Pt. The van der Waals surface area contributed by atoms with Crippen molar-refractivity contribution in [2.75, 3.05) is 4.90 Å². The zero-order chi connectivity index (χ0) is 36.3. The third kappa shape index (κ3) is 5.43. The second-order valence-electron chi connectivity index (χ2n) is 13.2. The quantitative estimate of drug-likeness (QED) is 0.149. The zero-order valence-corrected chi connectivity index (χ0v) is 31.9. The molecule has 0 saturated carbocycles. The van der Waals surface area contributed by atoms with Crippen molar-refractivity contribution < 1.29 is 21.1 Å². The molecule has 0 aliphatic rings. The van der Waals surface area contributed by atoms with E-state index in [-0.39, 0.29) is 21.1 Å². The maximum absolute atomic E-state index is 5.46. The van der Waals surface area contributed by atoms with Crippen LogP contribution >= 0.6 is 0 Å². The number of benzene rings is 6. The largest absolute Gasteiger partial charge is 2.00 e. The molecule has 10 heteroatoms. The van der Waals surface area contributed by atoms with Crippen LogP contribution in [0, 0.1) is 12.1 Å². The van der Waals surface area contributed by atoms with Gasteiger partial charge in [0.25, 0.3) is 0 Å². The number of fused-ring (bicyclic) bond motifs is 6. The molecule has 0 atom stereocenters. The van der Waals surface area contributed by atoms with Crippen LogP contribution in [0.1, 0.15) is 0 Å². The normalized spacial score (nSPS) is 11.4. The fourth-order valence-electron chi connectivity index (χ4n) is 7.66. The van der Waals surface area contributed by atoms with E-state index in [1.807, 2.05) is 60.9 Å². The summed E-state index contributed by atoms with van der Waals surface area (Å²) in [6, 6.07) is 59.0. The van der Waals surface area contributed by atoms with E-state index in [0.29, 0.717) is 11.8 Å².